The van der Waals surface area contributed by atoms with Gasteiger partial charge in [-0.15, -0.1) is 0 Å². The Morgan fingerprint density at radius 2 is 1.76 bits per heavy atom. The normalized spacial score (nSPS) is 10.4. The lowest BCUT2D eigenvalue weighted by atomic mass is 10.0. The number of hydrogen-bond acceptors (Lipinski definition) is 3. The SMILES string of the molecule is COc1ccc(CCNC(=S)Nc2ccccc2C(C)C)cc1OC. The summed E-state index contributed by atoms with van der Waals surface area (Å²) in [6.45, 7) is 5.09. The molecule has 5 heteroatoms. The average molecular weight is 359 g/mol. The van der Waals surface area contributed by atoms with Crippen LogP contribution in [0.4, 0.5) is 5.69 Å². The van der Waals surface area contributed by atoms with E-state index in [4.69, 9.17) is 21.7 Å². The fourth-order valence-corrected chi connectivity index (χ4v) is 2.85. The Morgan fingerprint density at radius 3 is 2.44 bits per heavy atom. The summed E-state index contributed by atoms with van der Waals surface area (Å²) in [6.07, 6.45) is 0.841. The number of para-hydroxylation sites is 1. The fraction of sp³-hybridized carbons (Fsp3) is 0.350. The molecule has 0 aliphatic heterocycles. The Hall–Kier alpha value is -2.27. The standard InChI is InChI=1S/C20H26N2O2S/c1-14(2)16-7-5-6-8-17(16)22-20(25)21-12-11-15-9-10-18(23-3)19(13-15)24-4/h5-10,13-14H,11-12H2,1-4H3,(H2,21,22,25). The Morgan fingerprint density at radius 1 is 1.04 bits per heavy atom. The van der Waals surface area contributed by atoms with E-state index >= 15 is 0 Å². The Kier molecular flexibility index (Phi) is 7.07. The van der Waals surface area contributed by atoms with Gasteiger partial charge in [0.05, 0.1) is 14.2 Å². The molecule has 0 radical (unpaired) electrons. The van der Waals surface area contributed by atoms with Gasteiger partial charge in [-0.1, -0.05) is 38.1 Å². The topological polar surface area (TPSA) is 42.5 Å². The van der Waals surface area contributed by atoms with Crippen molar-refractivity contribution in [3.05, 3.63) is 53.6 Å². The molecule has 0 spiro atoms. The van der Waals surface area contributed by atoms with Gasteiger partial charge in [0.2, 0.25) is 0 Å². The molecular formula is C20H26N2O2S. The van der Waals surface area contributed by atoms with Crippen LogP contribution in [0.5, 0.6) is 11.5 Å². The molecule has 0 aliphatic rings. The highest BCUT2D eigenvalue weighted by Gasteiger charge is 2.07. The van der Waals surface area contributed by atoms with Crippen molar-refractivity contribution in [3.8, 4) is 11.5 Å². The first kappa shape index (κ1) is 19.1. The highest BCUT2D eigenvalue weighted by Crippen LogP contribution is 2.27. The summed E-state index contributed by atoms with van der Waals surface area (Å²) in [5, 5.41) is 7.19. The molecule has 0 aromatic heterocycles. The lowest BCUT2D eigenvalue weighted by molar-refractivity contribution is 0.354. The highest BCUT2D eigenvalue weighted by molar-refractivity contribution is 7.80. The zero-order chi connectivity index (χ0) is 18.2. The molecule has 0 saturated heterocycles. The van der Waals surface area contributed by atoms with Crippen LogP contribution in [0, 0.1) is 0 Å². The van der Waals surface area contributed by atoms with Crippen LogP contribution in [0.2, 0.25) is 0 Å². The minimum absolute atomic E-state index is 0.443. The van der Waals surface area contributed by atoms with Gasteiger partial charge in [-0.05, 0) is 53.9 Å². The number of rotatable bonds is 7. The van der Waals surface area contributed by atoms with Crippen LogP contribution in [0.15, 0.2) is 42.5 Å². The number of hydrogen-bond donors (Lipinski definition) is 2. The van der Waals surface area contributed by atoms with E-state index in [2.05, 4.69) is 36.6 Å². The zero-order valence-corrected chi connectivity index (χ0v) is 16.1. The van der Waals surface area contributed by atoms with Crippen LogP contribution in [0.1, 0.15) is 30.9 Å². The molecular weight excluding hydrogens is 332 g/mol. The third kappa shape index (κ3) is 5.36. The monoisotopic (exact) mass is 358 g/mol. The number of ether oxygens (including phenoxy) is 2. The van der Waals surface area contributed by atoms with Crippen molar-refractivity contribution >= 4 is 23.0 Å². The number of anilines is 1. The number of methoxy groups -OCH3 is 2. The van der Waals surface area contributed by atoms with E-state index in [-0.39, 0.29) is 0 Å². The quantitative estimate of drug-likeness (QED) is 0.720. The Balaban J connectivity index is 1.89. The third-order valence-electron chi connectivity index (χ3n) is 3.98. The summed E-state index contributed by atoms with van der Waals surface area (Å²) in [5.41, 5.74) is 3.48. The van der Waals surface area contributed by atoms with E-state index < -0.39 is 0 Å². The van der Waals surface area contributed by atoms with Crippen molar-refractivity contribution in [2.24, 2.45) is 0 Å². The van der Waals surface area contributed by atoms with E-state index in [9.17, 15) is 0 Å². The number of thiocarbonyl (C=S) groups is 1. The predicted molar refractivity (Wildman–Crippen MR) is 108 cm³/mol. The molecule has 0 amide bonds. The van der Waals surface area contributed by atoms with Crippen LogP contribution >= 0.6 is 12.2 Å². The Bertz CT molecular complexity index is 717. The van der Waals surface area contributed by atoms with Gasteiger partial charge >= 0.3 is 0 Å². The van der Waals surface area contributed by atoms with Crippen molar-refractivity contribution in [1.82, 2.24) is 5.32 Å². The van der Waals surface area contributed by atoms with E-state index in [0.29, 0.717) is 11.0 Å². The molecule has 0 fully saturated rings. The maximum atomic E-state index is 5.42. The van der Waals surface area contributed by atoms with Gasteiger partial charge in [0.25, 0.3) is 0 Å². The predicted octanol–water partition coefficient (Wildman–Crippen LogP) is 4.36. The summed E-state index contributed by atoms with van der Waals surface area (Å²) < 4.78 is 10.6. The van der Waals surface area contributed by atoms with Gasteiger partial charge in [0.1, 0.15) is 0 Å². The molecule has 2 aromatic rings. The van der Waals surface area contributed by atoms with Crippen LogP contribution < -0.4 is 20.1 Å². The maximum absolute atomic E-state index is 5.42. The minimum atomic E-state index is 0.443. The second-order valence-corrected chi connectivity index (χ2v) is 6.47. The maximum Gasteiger partial charge on any atom is 0.170 e. The van der Waals surface area contributed by atoms with E-state index in [1.165, 1.54) is 5.56 Å². The molecule has 134 valence electrons. The van der Waals surface area contributed by atoms with E-state index in [1.54, 1.807) is 14.2 Å². The van der Waals surface area contributed by atoms with Crippen molar-refractivity contribution in [3.63, 3.8) is 0 Å². The molecule has 0 aliphatic carbocycles. The van der Waals surface area contributed by atoms with Gasteiger partial charge in [-0.2, -0.15) is 0 Å². The third-order valence-corrected chi connectivity index (χ3v) is 4.22. The molecule has 0 atom stereocenters. The summed E-state index contributed by atoms with van der Waals surface area (Å²) >= 11 is 5.42. The molecule has 0 heterocycles. The second kappa shape index (κ2) is 9.28. The summed E-state index contributed by atoms with van der Waals surface area (Å²) in [5.74, 6) is 1.92. The first-order chi connectivity index (χ1) is 12.0. The van der Waals surface area contributed by atoms with Gasteiger partial charge < -0.3 is 20.1 Å². The smallest absolute Gasteiger partial charge is 0.170 e. The van der Waals surface area contributed by atoms with Crippen molar-refractivity contribution < 1.29 is 9.47 Å². The highest BCUT2D eigenvalue weighted by atomic mass is 32.1. The van der Waals surface area contributed by atoms with Crippen molar-refractivity contribution in [1.29, 1.82) is 0 Å². The largest absolute Gasteiger partial charge is 0.493 e. The molecule has 0 bridgehead atoms. The van der Waals surface area contributed by atoms with Gasteiger partial charge in [-0.25, -0.2) is 0 Å². The molecule has 2 aromatic carbocycles. The van der Waals surface area contributed by atoms with Crippen molar-refractivity contribution in [2.75, 3.05) is 26.1 Å². The fourth-order valence-electron chi connectivity index (χ4n) is 2.64. The molecule has 2 N–H and O–H groups in total. The van der Waals surface area contributed by atoms with Gasteiger partial charge in [0, 0.05) is 12.2 Å². The molecule has 2 rings (SSSR count). The zero-order valence-electron chi connectivity index (χ0n) is 15.3. The molecule has 25 heavy (non-hydrogen) atoms. The van der Waals surface area contributed by atoms with E-state index in [1.807, 2.05) is 30.3 Å². The average Bonchev–Trinajstić information content (AvgIpc) is 2.61. The minimum Gasteiger partial charge on any atom is -0.493 e. The molecule has 0 unspecified atom stereocenters. The lowest BCUT2D eigenvalue weighted by Gasteiger charge is -2.16. The van der Waals surface area contributed by atoms with Crippen LogP contribution in [-0.2, 0) is 6.42 Å². The molecule has 0 saturated carbocycles. The second-order valence-electron chi connectivity index (χ2n) is 6.06. The van der Waals surface area contributed by atoms with Gasteiger partial charge in [0.15, 0.2) is 16.6 Å². The summed E-state index contributed by atoms with van der Waals surface area (Å²) in [4.78, 5) is 0. The Labute approximate surface area is 155 Å². The summed E-state index contributed by atoms with van der Waals surface area (Å²) in [6, 6.07) is 14.2. The first-order valence-electron chi connectivity index (χ1n) is 8.39. The summed E-state index contributed by atoms with van der Waals surface area (Å²) in [7, 11) is 3.28. The van der Waals surface area contributed by atoms with E-state index in [0.717, 1.165) is 35.7 Å². The van der Waals surface area contributed by atoms with Crippen LogP contribution in [0.25, 0.3) is 0 Å². The lowest BCUT2D eigenvalue weighted by Crippen LogP contribution is -2.30. The van der Waals surface area contributed by atoms with Gasteiger partial charge in [-0.3, -0.25) is 0 Å². The van der Waals surface area contributed by atoms with Crippen molar-refractivity contribution in [2.45, 2.75) is 26.2 Å². The number of nitrogens with one attached hydrogen (secondary N) is 2. The molecule has 4 nitrogen and oxygen atoms in total. The number of benzene rings is 2. The first-order valence-corrected chi connectivity index (χ1v) is 8.80. The van der Waals surface area contributed by atoms with Crippen LogP contribution in [-0.4, -0.2) is 25.9 Å². The van der Waals surface area contributed by atoms with Crippen LogP contribution in [0.3, 0.4) is 0 Å².